The minimum Gasteiger partial charge on any atom is -0.483 e. The standard InChI is InChI=1S/C18H29NO2/c1-5-7-12-19(13-8-6-2)17(20)14-21-18-15(3)10-9-11-16(18)4/h9-11H,5-8,12-14H2,1-4H3. The van der Waals surface area contributed by atoms with Crippen LogP contribution in [0.4, 0.5) is 0 Å². The molecule has 0 unspecified atom stereocenters. The van der Waals surface area contributed by atoms with Gasteiger partial charge in [-0.3, -0.25) is 4.79 Å². The third kappa shape index (κ3) is 5.78. The van der Waals surface area contributed by atoms with E-state index in [9.17, 15) is 4.79 Å². The molecule has 21 heavy (non-hydrogen) atoms. The molecule has 118 valence electrons. The summed E-state index contributed by atoms with van der Waals surface area (Å²) in [6, 6.07) is 6.03. The maximum absolute atomic E-state index is 12.4. The van der Waals surface area contributed by atoms with Gasteiger partial charge in [0.2, 0.25) is 0 Å². The van der Waals surface area contributed by atoms with Crippen molar-refractivity contribution < 1.29 is 9.53 Å². The van der Waals surface area contributed by atoms with Crippen LogP contribution in [-0.2, 0) is 4.79 Å². The number of unbranched alkanes of at least 4 members (excludes halogenated alkanes) is 2. The molecule has 0 bridgehead atoms. The lowest BCUT2D eigenvalue weighted by Crippen LogP contribution is -2.36. The van der Waals surface area contributed by atoms with Gasteiger partial charge in [-0.15, -0.1) is 0 Å². The van der Waals surface area contributed by atoms with E-state index in [0.717, 1.165) is 55.6 Å². The highest BCUT2D eigenvalue weighted by atomic mass is 16.5. The normalized spacial score (nSPS) is 10.5. The van der Waals surface area contributed by atoms with E-state index < -0.39 is 0 Å². The highest BCUT2D eigenvalue weighted by Gasteiger charge is 2.14. The Morgan fingerprint density at radius 2 is 1.57 bits per heavy atom. The Morgan fingerprint density at radius 3 is 2.05 bits per heavy atom. The number of carbonyl (C=O) groups is 1. The average molecular weight is 291 g/mol. The van der Waals surface area contributed by atoms with Crippen molar-refractivity contribution in [2.75, 3.05) is 19.7 Å². The molecule has 0 atom stereocenters. The van der Waals surface area contributed by atoms with Crippen LogP contribution in [0, 0.1) is 13.8 Å². The molecule has 0 aromatic heterocycles. The fourth-order valence-corrected chi connectivity index (χ4v) is 2.31. The van der Waals surface area contributed by atoms with Crippen LogP contribution in [0.5, 0.6) is 5.75 Å². The van der Waals surface area contributed by atoms with Gasteiger partial charge in [0, 0.05) is 13.1 Å². The lowest BCUT2D eigenvalue weighted by Gasteiger charge is -2.23. The molecule has 0 aliphatic carbocycles. The molecule has 0 heterocycles. The van der Waals surface area contributed by atoms with E-state index in [0.29, 0.717) is 0 Å². The van der Waals surface area contributed by atoms with Crippen LogP contribution in [0.2, 0.25) is 0 Å². The zero-order valence-electron chi connectivity index (χ0n) is 13.9. The third-order valence-corrected chi connectivity index (χ3v) is 3.66. The van der Waals surface area contributed by atoms with E-state index in [1.807, 2.05) is 36.9 Å². The first-order chi connectivity index (χ1) is 10.1. The van der Waals surface area contributed by atoms with E-state index in [1.165, 1.54) is 0 Å². The number of ether oxygens (including phenoxy) is 1. The zero-order valence-corrected chi connectivity index (χ0v) is 13.9. The predicted molar refractivity (Wildman–Crippen MR) is 87.8 cm³/mol. The molecule has 0 saturated heterocycles. The maximum atomic E-state index is 12.4. The van der Waals surface area contributed by atoms with E-state index >= 15 is 0 Å². The van der Waals surface area contributed by atoms with Crippen molar-refractivity contribution in [3.63, 3.8) is 0 Å². The number of hydrogen-bond donors (Lipinski definition) is 0. The number of hydrogen-bond acceptors (Lipinski definition) is 2. The van der Waals surface area contributed by atoms with Crippen molar-refractivity contribution in [2.45, 2.75) is 53.4 Å². The molecule has 1 rings (SSSR count). The van der Waals surface area contributed by atoms with Crippen LogP contribution >= 0.6 is 0 Å². The highest BCUT2D eigenvalue weighted by Crippen LogP contribution is 2.22. The number of benzene rings is 1. The van der Waals surface area contributed by atoms with E-state index in [2.05, 4.69) is 13.8 Å². The number of nitrogens with zero attached hydrogens (tertiary/aromatic N) is 1. The molecule has 0 saturated carbocycles. The first-order valence-electron chi connectivity index (χ1n) is 8.06. The number of para-hydroxylation sites is 1. The van der Waals surface area contributed by atoms with Crippen LogP contribution in [-0.4, -0.2) is 30.5 Å². The fraction of sp³-hybridized carbons (Fsp3) is 0.611. The van der Waals surface area contributed by atoms with Crippen molar-refractivity contribution in [2.24, 2.45) is 0 Å². The first-order valence-corrected chi connectivity index (χ1v) is 8.06. The molecular formula is C18H29NO2. The fourth-order valence-electron chi connectivity index (χ4n) is 2.31. The Kier molecular flexibility index (Phi) is 7.88. The predicted octanol–water partition coefficient (Wildman–Crippen LogP) is 4.11. The Morgan fingerprint density at radius 1 is 1.05 bits per heavy atom. The number of amides is 1. The highest BCUT2D eigenvalue weighted by molar-refractivity contribution is 5.77. The monoisotopic (exact) mass is 291 g/mol. The molecule has 0 radical (unpaired) electrons. The summed E-state index contributed by atoms with van der Waals surface area (Å²) in [5.41, 5.74) is 2.16. The van der Waals surface area contributed by atoms with Crippen molar-refractivity contribution in [3.8, 4) is 5.75 Å². The lowest BCUT2D eigenvalue weighted by atomic mass is 10.1. The molecule has 0 aliphatic heterocycles. The van der Waals surface area contributed by atoms with Gasteiger partial charge in [0.15, 0.2) is 6.61 Å². The van der Waals surface area contributed by atoms with E-state index in [4.69, 9.17) is 4.74 Å². The van der Waals surface area contributed by atoms with Gasteiger partial charge in [0.05, 0.1) is 0 Å². The molecule has 0 N–H and O–H groups in total. The lowest BCUT2D eigenvalue weighted by molar-refractivity contribution is -0.133. The molecule has 3 nitrogen and oxygen atoms in total. The minimum absolute atomic E-state index is 0.0968. The van der Waals surface area contributed by atoms with Crippen molar-refractivity contribution in [1.82, 2.24) is 4.90 Å². The van der Waals surface area contributed by atoms with Gasteiger partial charge in [-0.2, -0.15) is 0 Å². The van der Waals surface area contributed by atoms with Crippen LogP contribution in [0.3, 0.4) is 0 Å². The molecule has 0 spiro atoms. The summed E-state index contributed by atoms with van der Waals surface area (Å²) in [5.74, 6) is 0.941. The second kappa shape index (κ2) is 9.43. The number of aryl methyl sites for hydroxylation is 2. The smallest absolute Gasteiger partial charge is 0.260 e. The molecular weight excluding hydrogens is 262 g/mol. The maximum Gasteiger partial charge on any atom is 0.260 e. The van der Waals surface area contributed by atoms with Crippen LogP contribution in [0.15, 0.2) is 18.2 Å². The Hall–Kier alpha value is -1.51. The summed E-state index contributed by atoms with van der Waals surface area (Å²) < 4.78 is 5.78. The number of rotatable bonds is 9. The Bertz CT molecular complexity index is 415. The molecule has 1 amide bonds. The molecule has 3 heteroatoms. The topological polar surface area (TPSA) is 29.5 Å². The summed E-state index contributed by atoms with van der Waals surface area (Å²) in [5, 5.41) is 0. The van der Waals surface area contributed by atoms with Gasteiger partial charge in [0.25, 0.3) is 5.91 Å². The average Bonchev–Trinajstić information content (AvgIpc) is 2.46. The molecule has 1 aromatic carbocycles. The third-order valence-electron chi connectivity index (χ3n) is 3.66. The second-order valence-corrected chi connectivity index (χ2v) is 5.60. The summed E-state index contributed by atoms with van der Waals surface area (Å²) >= 11 is 0. The van der Waals surface area contributed by atoms with Crippen LogP contribution in [0.25, 0.3) is 0 Å². The van der Waals surface area contributed by atoms with Crippen LogP contribution < -0.4 is 4.74 Å². The first kappa shape index (κ1) is 17.5. The summed E-state index contributed by atoms with van der Waals surface area (Å²) in [6.07, 6.45) is 4.32. The van der Waals surface area contributed by atoms with Gasteiger partial charge in [-0.05, 0) is 37.8 Å². The summed E-state index contributed by atoms with van der Waals surface area (Å²) in [6.45, 7) is 10.1. The van der Waals surface area contributed by atoms with E-state index in [-0.39, 0.29) is 12.5 Å². The van der Waals surface area contributed by atoms with Gasteiger partial charge >= 0.3 is 0 Å². The zero-order chi connectivity index (χ0) is 15.7. The van der Waals surface area contributed by atoms with Crippen molar-refractivity contribution in [3.05, 3.63) is 29.3 Å². The quantitative estimate of drug-likeness (QED) is 0.685. The van der Waals surface area contributed by atoms with Gasteiger partial charge in [-0.25, -0.2) is 0 Å². The van der Waals surface area contributed by atoms with Gasteiger partial charge in [0.1, 0.15) is 5.75 Å². The second-order valence-electron chi connectivity index (χ2n) is 5.60. The van der Waals surface area contributed by atoms with Gasteiger partial charge in [-0.1, -0.05) is 44.9 Å². The summed E-state index contributed by atoms with van der Waals surface area (Å²) in [4.78, 5) is 14.3. The van der Waals surface area contributed by atoms with E-state index in [1.54, 1.807) is 0 Å². The number of carbonyl (C=O) groups excluding carboxylic acids is 1. The molecule has 0 aliphatic rings. The Balaban J connectivity index is 2.59. The van der Waals surface area contributed by atoms with Crippen LogP contribution in [0.1, 0.15) is 50.7 Å². The van der Waals surface area contributed by atoms with Crippen molar-refractivity contribution >= 4 is 5.91 Å². The molecule has 0 fully saturated rings. The van der Waals surface area contributed by atoms with Crippen molar-refractivity contribution in [1.29, 1.82) is 0 Å². The SMILES string of the molecule is CCCCN(CCCC)C(=O)COc1c(C)cccc1C. The minimum atomic E-state index is 0.0968. The molecule has 1 aromatic rings. The Labute approximate surface area is 129 Å². The largest absolute Gasteiger partial charge is 0.483 e. The van der Waals surface area contributed by atoms with Gasteiger partial charge < -0.3 is 9.64 Å². The summed E-state index contributed by atoms with van der Waals surface area (Å²) in [7, 11) is 0.